The zero-order valence-corrected chi connectivity index (χ0v) is 7.99. The molecule has 1 atom stereocenters. The highest BCUT2D eigenvalue weighted by Gasteiger charge is 2.20. The summed E-state index contributed by atoms with van der Waals surface area (Å²) in [5.41, 5.74) is 5.48. The predicted octanol–water partition coefficient (Wildman–Crippen LogP) is 1.58. The van der Waals surface area contributed by atoms with Gasteiger partial charge in [-0.3, -0.25) is 0 Å². The van der Waals surface area contributed by atoms with Gasteiger partial charge in [-0.15, -0.1) is 0 Å². The lowest BCUT2D eigenvalue weighted by molar-refractivity contribution is 0.505. The number of furan rings is 1. The molecule has 1 aliphatic rings. The van der Waals surface area contributed by atoms with Crippen LogP contribution >= 0.6 is 0 Å². The standard InChI is InChI=1S/C10H16N2O/c1-8-4-5-12(7-8)10-3-2-9(6-11)13-10/h2-3,8H,4-7,11H2,1H3. The number of nitrogens with two attached hydrogens (primary N) is 1. The monoisotopic (exact) mass is 180 g/mol. The molecule has 0 bridgehead atoms. The second-order valence-corrected chi connectivity index (χ2v) is 3.78. The van der Waals surface area contributed by atoms with E-state index in [1.165, 1.54) is 6.42 Å². The number of nitrogens with zero attached hydrogens (tertiary/aromatic N) is 1. The lowest BCUT2D eigenvalue weighted by atomic mass is 10.2. The Bertz CT molecular complexity index is 282. The zero-order valence-electron chi connectivity index (χ0n) is 7.99. The smallest absolute Gasteiger partial charge is 0.195 e. The largest absolute Gasteiger partial charge is 0.444 e. The summed E-state index contributed by atoms with van der Waals surface area (Å²) in [6.07, 6.45) is 1.26. The minimum absolute atomic E-state index is 0.489. The maximum atomic E-state index is 5.57. The van der Waals surface area contributed by atoms with Crippen molar-refractivity contribution < 1.29 is 4.42 Å². The molecule has 1 unspecified atom stereocenters. The molecule has 0 amide bonds. The van der Waals surface area contributed by atoms with Crippen LogP contribution in [-0.2, 0) is 6.54 Å². The SMILES string of the molecule is CC1CCN(c2ccc(CN)o2)C1. The van der Waals surface area contributed by atoms with E-state index in [-0.39, 0.29) is 0 Å². The van der Waals surface area contributed by atoms with Gasteiger partial charge in [-0.25, -0.2) is 0 Å². The van der Waals surface area contributed by atoms with Gasteiger partial charge >= 0.3 is 0 Å². The summed E-state index contributed by atoms with van der Waals surface area (Å²) in [5.74, 6) is 2.63. The van der Waals surface area contributed by atoms with Crippen LogP contribution in [0, 0.1) is 5.92 Å². The summed E-state index contributed by atoms with van der Waals surface area (Å²) in [6, 6.07) is 3.97. The molecular formula is C10H16N2O. The molecule has 1 aromatic rings. The second-order valence-electron chi connectivity index (χ2n) is 3.78. The van der Waals surface area contributed by atoms with E-state index in [1.54, 1.807) is 0 Å². The van der Waals surface area contributed by atoms with Crippen molar-refractivity contribution in [2.45, 2.75) is 19.9 Å². The van der Waals surface area contributed by atoms with Crippen LogP contribution in [0.25, 0.3) is 0 Å². The van der Waals surface area contributed by atoms with Crippen molar-refractivity contribution >= 4 is 5.88 Å². The number of anilines is 1. The van der Waals surface area contributed by atoms with Gasteiger partial charge in [0.05, 0.1) is 6.54 Å². The molecule has 0 saturated carbocycles. The first-order chi connectivity index (χ1) is 6.29. The fourth-order valence-corrected chi connectivity index (χ4v) is 1.78. The number of rotatable bonds is 2. The van der Waals surface area contributed by atoms with E-state index in [2.05, 4.69) is 11.8 Å². The lowest BCUT2D eigenvalue weighted by Crippen LogP contribution is -2.18. The van der Waals surface area contributed by atoms with Crippen LogP contribution in [0.1, 0.15) is 19.1 Å². The summed E-state index contributed by atoms with van der Waals surface area (Å²) in [7, 11) is 0. The molecule has 0 radical (unpaired) electrons. The van der Waals surface area contributed by atoms with Crippen LogP contribution < -0.4 is 10.6 Å². The molecule has 2 N–H and O–H groups in total. The molecule has 0 aromatic carbocycles. The maximum Gasteiger partial charge on any atom is 0.195 e. The van der Waals surface area contributed by atoms with Gasteiger partial charge in [0, 0.05) is 19.2 Å². The minimum atomic E-state index is 0.489. The Morgan fingerprint density at radius 2 is 2.46 bits per heavy atom. The van der Waals surface area contributed by atoms with Gasteiger partial charge in [0.2, 0.25) is 0 Å². The third kappa shape index (κ3) is 1.70. The summed E-state index contributed by atoms with van der Waals surface area (Å²) < 4.78 is 5.57. The van der Waals surface area contributed by atoms with E-state index >= 15 is 0 Å². The van der Waals surface area contributed by atoms with Crippen molar-refractivity contribution in [2.24, 2.45) is 11.7 Å². The Labute approximate surface area is 78.5 Å². The Morgan fingerprint density at radius 1 is 1.62 bits per heavy atom. The fraction of sp³-hybridized carbons (Fsp3) is 0.600. The first-order valence-corrected chi connectivity index (χ1v) is 4.83. The lowest BCUT2D eigenvalue weighted by Gasteiger charge is -2.13. The average molecular weight is 180 g/mol. The zero-order chi connectivity index (χ0) is 9.26. The average Bonchev–Trinajstić information content (AvgIpc) is 2.71. The maximum absolute atomic E-state index is 5.57. The molecule has 1 saturated heterocycles. The topological polar surface area (TPSA) is 42.4 Å². The Balaban J connectivity index is 2.08. The molecular weight excluding hydrogens is 164 g/mol. The Hall–Kier alpha value is -0.960. The summed E-state index contributed by atoms with van der Waals surface area (Å²) in [4.78, 5) is 2.28. The quantitative estimate of drug-likeness (QED) is 0.751. The van der Waals surface area contributed by atoms with Crippen molar-refractivity contribution in [1.29, 1.82) is 0 Å². The first-order valence-electron chi connectivity index (χ1n) is 4.83. The van der Waals surface area contributed by atoms with Gasteiger partial charge in [0.25, 0.3) is 0 Å². The molecule has 2 rings (SSSR count). The number of hydrogen-bond acceptors (Lipinski definition) is 3. The van der Waals surface area contributed by atoms with Crippen LogP contribution in [-0.4, -0.2) is 13.1 Å². The van der Waals surface area contributed by atoms with E-state index in [9.17, 15) is 0 Å². The van der Waals surface area contributed by atoms with Crippen LogP contribution in [0.15, 0.2) is 16.5 Å². The highest BCUT2D eigenvalue weighted by atomic mass is 16.4. The minimum Gasteiger partial charge on any atom is -0.444 e. The van der Waals surface area contributed by atoms with Crippen LogP contribution in [0.5, 0.6) is 0 Å². The summed E-state index contributed by atoms with van der Waals surface area (Å²) >= 11 is 0. The van der Waals surface area contributed by atoms with Crippen molar-refractivity contribution in [1.82, 2.24) is 0 Å². The number of hydrogen-bond donors (Lipinski definition) is 1. The highest BCUT2D eigenvalue weighted by Crippen LogP contribution is 2.25. The Morgan fingerprint density at radius 3 is 3.00 bits per heavy atom. The molecule has 0 spiro atoms. The molecule has 13 heavy (non-hydrogen) atoms. The van der Waals surface area contributed by atoms with Gasteiger partial charge < -0.3 is 15.1 Å². The van der Waals surface area contributed by atoms with Gasteiger partial charge in [-0.2, -0.15) is 0 Å². The molecule has 0 aliphatic carbocycles. The second kappa shape index (κ2) is 3.42. The molecule has 3 heteroatoms. The highest BCUT2D eigenvalue weighted by molar-refractivity contribution is 5.37. The van der Waals surface area contributed by atoms with Crippen molar-refractivity contribution in [3.63, 3.8) is 0 Å². The van der Waals surface area contributed by atoms with E-state index in [0.717, 1.165) is 30.7 Å². The van der Waals surface area contributed by atoms with E-state index < -0.39 is 0 Å². The third-order valence-electron chi connectivity index (χ3n) is 2.58. The molecule has 1 aromatic heterocycles. The van der Waals surface area contributed by atoms with Crippen molar-refractivity contribution in [3.05, 3.63) is 17.9 Å². The van der Waals surface area contributed by atoms with Crippen molar-refractivity contribution in [2.75, 3.05) is 18.0 Å². The van der Waals surface area contributed by atoms with Gasteiger partial charge in [-0.1, -0.05) is 6.92 Å². The van der Waals surface area contributed by atoms with E-state index in [4.69, 9.17) is 10.2 Å². The van der Waals surface area contributed by atoms with Crippen LogP contribution in [0.2, 0.25) is 0 Å². The summed E-state index contributed by atoms with van der Waals surface area (Å²) in [5, 5.41) is 0. The Kier molecular flexibility index (Phi) is 2.27. The van der Waals surface area contributed by atoms with Crippen LogP contribution in [0.3, 0.4) is 0 Å². The molecule has 2 heterocycles. The van der Waals surface area contributed by atoms with Gasteiger partial charge in [0.15, 0.2) is 5.88 Å². The normalized spacial score (nSPS) is 22.6. The third-order valence-corrected chi connectivity index (χ3v) is 2.58. The summed E-state index contributed by atoms with van der Waals surface area (Å²) in [6.45, 7) is 4.98. The molecule has 72 valence electrons. The van der Waals surface area contributed by atoms with Crippen LogP contribution in [0.4, 0.5) is 5.88 Å². The first kappa shape index (κ1) is 8.63. The predicted molar refractivity (Wildman–Crippen MR) is 52.6 cm³/mol. The fourth-order valence-electron chi connectivity index (χ4n) is 1.78. The van der Waals surface area contributed by atoms with Gasteiger partial charge in [-0.05, 0) is 18.4 Å². The van der Waals surface area contributed by atoms with E-state index in [0.29, 0.717) is 6.54 Å². The van der Waals surface area contributed by atoms with Crippen molar-refractivity contribution in [3.8, 4) is 0 Å². The molecule has 1 aliphatic heterocycles. The molecule has 1 fully saturated rings. The van der Waals surface area contributed by atoms with E-state index in [1.807, 2.05) is 12.1 Å². The molecule has 3 nitrogen and oxygen atoms in total. The van der Waals surface area contributed by atoms with Gasteiger partial charge in [0.1, 0.15) is 5.76 Å².